The van der Waals surface area contributed by atoms with Crippen LogP contribution >= 0.6 is 0 Å². The van der Waals surface area contributed by atoms with Crippen molar-refractivity contribution >= 4 is 59.4 Å². The molecule has 4 rings (SSSR count). The molecule has 0 aromatic heterocycles. The molecule has 0 saturated carbocycles. The predicted molar refractivity (Wildman–Crippen MR) is 187 cm³/mol. The third-order valence-electron chi connectivity index (χ3n) is 7.65. The maximum absolute atomic E-state index is 12.8. The molecule has 9 N–H and O–H groups in total. The first kappa shape index (κ1) is 36.4. The largest absolute Gasteiger partial charge is 0.525 e. The highest BCUT2D eigenvalue weighted by Gasteiger charge is 2.30. The van der Waals surface area contributed by atoms with Crippen LogP contribution in [0.25, 0.3) is 0 Å². The van der Waals surface area contributed by atoms with Crippen LogP contribution in [-0.4, -0.2) is 54.8 Å². The van der Waals surface area contributed by atoms with Gasteiger partial charge in [0.15, 0.2) is 0 Å². The number of aliphatic hydroxyl groups is 1. The molecule has 2 atom stereocenters. The van der Waals surface area contributed by atoms with E-state index in [0.717, 1.165) is 5.46 Å². The van der Waals surface area contributed by atoms with Crippen molar-refractivity contribution < 1.29 is 38.3 Å². The molecule has 4 aromatic carbocycles. The minimum Gasteiger partial charge on any atom is -0.525 e. The smallest absolute Gasteiger partial charge is 0.429 e. The van der Waals surface area contributed by atoms with Crippen molar-refractivity contribution in [2.75, 3.05) is 0 Å². The minimum absolute atomic E-state index is 0.0324. The van der Waals surface area contributed by atoms with Crippen LogP contribution < -0.4 is 49.5 Å². The van der Waals surface area contributed by atoms with Gasteiger partial charge in [0, 0.05) is 12.8 Å². The van der Waals surface area contributed by atoms with Crippen LogP contribution in [0.5, 0.6) is 11.5 Å². The van der Waals surface area contributed by atoms with Crippen molar-refractivity contribution in [3.05, 3.63) is 109 Å². The van der Waals surface area contributed by atoms with Crippen LogP contribution in [0, 0.1) is 0 Å². The lowest BCUT2D eigenvalue weighted by Gasteiger charge is -2.19. The minimum atomic E-state index is -1.04. The first-order chi connectivity index (χ1) is 23.5. The Hall–Kier alpha value is -5.43. The van der Waals surface area contributed by atoms with Crippen LogP contribution in [-0.2, 0) is 35.1 Å². The Labute approximate surface area is 284 Å². The van der Waals surface area contributed by atoms with Crippen LogP contribution in [0.3, 0.4) is 0 Å². The summed E-state index contributed by atoms with van der Waals surface area (Å²) in [7, 11) is 0. The van der Waals surface area contributed by atoms with E-state index in [-0.39, 0.29) is 32.3 Å². The number of carbonyl (C=O) groups is 4. The van der Waals surface area contributed by atoms with Crippen molar-refractivity contribution in [2.45, 2.75) is 44.4 Å². The van der Waals surface area contributed by atoms with Gasteiger partial charge in [0.25, 0.3) is 0 Å². The number of amides is 2. The van der Waals surface area contributed by atoms with Gasteiger partial charge in [0.05, 0.1) is 6.61 Å². The zero-order valence-electron chi connectivity index (χ0n) is 26.8. The maximum atomic E-state index is 12.8. The highest BCUT2D eigenvalue weighted by atomic mass is 16.5. The number of hydrogen-bond acceptors (Lipinski definition) is 10. The summed E-state index contributed by atoms with van der Waals surface area (Å²) in [5.41, 5.74) is 25.7. The van der Waals surface area contributed by atoms with Gasteiger partial charge in [-0.1, -0.05) is 78.9 Å². The van der Waals surface area contributed by atoms with E-state index in [0.29, 0.717) is 33.5 Å². The lowest BCUT2D eigenvalue weighted by atomic mass is 9.55. The fourth-order valence-electron chi connectivity index (χ4n) is 4.88. The molecule has 14 heteroatoms. The number of primary amides is 2. The van der Waals surface area contributed by atoms with Crippen molar-refractivity contribution in [2.24, 2.45) is 22.9 Å². The Bertz CT molecular complexity index is 1710. The lowest BCUT2D eigenvalue weighted by Crippen LogP contribution is -2.49. The van der Waals surface area contributed by atoms with E-state index in [1.807, 2.05) is 30.3 Å². The number of hydrogen-bond donors (Lipinski definition) is 5. The number of benzene rings is 4. The number of carbonyl (C=O) groups excluding carboxylic acids is 4. The average molecular weight is 664 g/mol. The molecule has 252 valence electrons. The number of aliphatic hydroxyl groups excluding tert-OH is 1. The summed E-state index contributed by atoms with van der Waals surface area (Å²) in [5.74, 6) is -1.45. The molecule has 4 aromatic rings. The molecule has 0 aliphatic heterocycles. The molecule has 0 fully saturated rings. The second-order valence-corrected chi connectivity index (χ2v) is 11.4. The molecule has 0 bridgehead atoms. The summed E-state index contributed by atoms with van der Waals surface area (Å²) < 4.78 is 17.7. The summed E-state index contributed by atoms with van der Waals surface area (Å²) >= 11 is 0. The monoisotopic (exact) mass is 664 g/mol. The van der Waals surface area contributed by atoms with Gasteiger partial charge in [-0.25, -0.2) is 0 Å². The van der Waals surface area contributed by atoms with E-state index in [1.54, 1.807) is 72.8 Å². The Morgan fingerprint density at radius 3 is 1.31 bits per heavy atom. The Morgan fingerprint density at radius 1 is 0.571 bits per heavy atom. The third-order valence-corrected chi connectivity index (χ3v) is 7.65. The first-order valence-electron chi connectivity index (χ1n) is 15.6. The van der Waals surface area contributed by atoms with Gasteiger partial charge in [-0.15, -0.1) is 0 Å². The number of ether oxygens (including phenoxy) is 1. The van der Waals surface area contributed by atoms with Crippen LogP contribution in [0.2, 0.25) is 0 Å². The van der Waals surface area contributed by atoms with Crippen molar-refractivity contribution in [1.29, 1.82) is 0 Å². The van der Waals surface area contributed by atoms with Gasteiger partial charge in [-0.05, 0) is 64.5 Å². The van der Waals surface area contributed by atoms with E-state index in [4.69, 9.17) is 37.0 Å². The predicted octanol–water partition coefficient (Wildman–Crippen LogP) is -0.545. The van der Waals surface area contributed by atoms with Gasteiger partial charge in [0.2, 0.25) is 11.8 Å². The molecular formula is C35H38B2N4O8. The van der Waals surface area contributed by atoms with E-state index in [9.17, 15) is 24.3 Å². The summed E-state index contributed by atoms with van der Waals surface area (Å²) in [6, 6.07) is 28.1. The van der Waals surface area contributed by atoms with Crippen LogP contribution in [0.4, 0.5) is 0 Å². The molecule has 0 spiro atoms. The molecule has 12 nitrogen and oxygen atoms in total. The second kappa shape index (κ2) is 17.6. The molecule has 0 aliphatic rings. The molecule has 2 amide bonds. The normalized spacial score (nSPS) is 11.9. The zero-order chi connectivity index (χ0) is 35.3. The third kappa shape index (κ3) is 10.8. The number of rotatable bonds is 17. The van der Waals surface area contributed by atoms with E-state index >= 15 is 0 Å². The van der Waals surface area contributed by atoms with E-state index < -0.39 is 49.7 Å². The lowest BCUT2D eigenvalue weighted by molar-refractivity contribution is -0.137. The number of nitrogens with two attached hydrogens (primary N) is 4. The molecule has 0 aliphatic carbocycles. The molecule has 0 heterocycles. The SMILES string of the molecule is NC(=O)CCC(N)C(=O)OB(c1ccccc1)c1ccc(Oc2ccc(B(OC(=O)C(N)CCC(N)=O)c3ccc(CO)cc3)cc2)cc1. The Morgan fingerprint density at radius 2 is 0.939 bits per heavy atom. The zero-order valence-corrected chi connectivity index (χ0v) is 26.8. The summed E-state index contributed by atoms with van der Waals surface area (Å²) in [5, 5.41) is 9.45. The fraction of sp³-hybridized carbons (Fsp3) is 0.200. The molecule has 0 saturated heterocycles. The molecular weight excluding hydrogens is 626 g/mol. The van der Waals surface area contributed by atoms with Gasteiger partial charge < -0.3 is 42.1 Å². The van der Waals surface area contributed by atoms with E-state index in [1.165, 1.54) is 0 Å². The van der Waals surface area contributed by atoms with Gasteiger partial charge in [0.1, 0.15) is 23.6 Å². The molecule has 49 heavy (non-hydrogen) atoms. The topological polar surface area (TPSA) is 220 Å². The van der Waals surface area contributed by atoms with Crippen LogP contribution in [0.1, 0.15) is 31.2 Å². The Kier molecular flexibility index (Phi) is 13.1. The van der Waals surface area contributed by atoms with E-state index in [2.05, 4.69) is 0 Å². The molecule has 0 radical (unpaired) electrons. The average Bonchev–Trinajstić information content (AvgIpc) is 3.11. The summed E-state index contributed by atoms with van der Waals surface area (Å²) in [6.07, 6.45) is 0.0407. The van der Waals surface area contributed by atoms with Gasteiger partial charge >= 0.3 is 25.8 Å². The van der Waals surface area contributed by atoms with Crippen molar-refractivity contribution in [3.63, 3.8) is 0 Å². The highest BCUT2D eigenvalue weighted by Crippen LogP contribution is 2.20. The van der Waals surface area contributed by atoms with Gasteiger partial charge in [-0.2, -0.15) is 0 Å². The molecule has 2 unspecified atom stereocenters. The first-order valence-corrected chi connectivity index (χ1v) is 15.6. The van der Waals surface area contributed by atoms with Crippen molar-refractivity contribution in [3.8, 4) is 11.5 Å². The second-order valence-electron chi connectivity index (χ2n) is 11.4. The van der Waals surface area contributed by atoms with Crippen molar-refractivity contribution in [1.82, 2.24) is 0 Å². The highest BCUT2D eigenvalue weighted by molar-refractivity contribution is 6.81. The summed E-state index contributed by atoms with van der Waals surface area (Å²) in [6.45, 7) is -1.72. The fourth-order valence-corrected chi connectivity index (χ4v) is 4.88. The summed E-state index contributed by atoms with van der Waals surface area (Å²) in [4.78, 5) is 47.9. The Balaban J connectivity index is 1.49. The quantitative estimate of drug-likeness (QED) is 0.0908. The van der Waals surface area contributed by atoms with Gasteiger partial charge in [-0.3, -0.25) is 19.2 Å². The van der Waals surface area contributed by atoms with Crippen LogP contribution in [0.15, 0.2) is 103 Å². The maximum Gasteiger partial charge on any atom is 0.429 e. The standard InChI is InChI=1S/C35H38B2N4O8/c38-30(18-20-32(40)43)34(45)48-36(24-4-2-1-3-5-24)26-10-14-28(15-11-26)47-29-16-12-27(13-17-29)37(25-8-6-23(22-42)7-9-25)49-35(46)31(39)19-21-33(41)44/h1-17,30-31,42H,18-22,38-39H2,(H2,40,43)(H2,41,44).